The predicted octanol–water partition coefficient (Wildman–Crippen LogP) is 5.93. The topological polar surface area (TPSA) is 92.8 Å². The monoisotopic (exact) mass is 588 g/mol. The number of hydrogen-bond donors (Lipinski definition) is 1. The molecule has 1 aliphatic heterocycles. The summed E-state index contributed by atoms with van der Waals surface area (Å²) in [6, 6.07) is 20.1. The molecule has 3 aromatic carbocycles. The van der Waals surface area contributed by atoms with Gasteiger partial charge in [0.15, 0.2) is 6.61 Å². The lowest BCUT2D eigenvalue weighted by atomic mass is 9.73. The molecule has 5 rings (SSSR count). The van der Waals surface area contributed by atoms with E-state index in [-0.39, 0.29) is 35.1 Å². The standard InChI is InChI=1S/C31H29BrN2O5/c1-18-14-27(19(2)13-26(18)32)33-28(35)17-39-31(38)22-9-6-10-23(15-22)34-29(36)24-12-11-21(16-25(24)30(34)37)20-7-4-3-5-8-20/h3-10,13-15,21,24-25H,11-12,16-17H2,1-2H3,(H,33,35)/t21-,24+,25+/m0/s1. The number of rotatable bonds is 6. The second kappa shape index (κ2) is 11.1. The first kappa shape index (κ1) is 26.8. The fraction of sp³-hybridized carbons (Fsp3) is 0.290. The number of carbonyl (C=O) groups is 4. The van der Waals surface area contributed by atoms with E-state index in [1.165, 1.54) is 22.6 Å². The van der Waals surface area contributed by atoms with E-state index >= 15 is 0 Å². The van der Waals surface area contributed by atoms with Gasteiger partial charge in [-0.15, -0.1) is 0 Å². The van der Waals surface area contributed by atoms with Crippen LogP contribution in [0, 0.1) is 25.7 Å². The molecular weight excluding hydrogens is 560 g/mol. The zero-order chi connectivity index (χ0) is 27.7. The van der Waals surface area contributed by atoms with Gasteiger partial charge >= 0.3 is 5.97 Å². The number of nitrogens with one attached hydrogen (secondary N) is 1. The minimum atomic E-state index is -0.712. The van der Waals surface area contributed by atoms with E-state index in [0.717, 1.165) is 22.0 Å². The molecule has 200 valence electrons. The fourth-order valence-corrected chi connectivity index (χ4v) is 6.01. The Bertz CT molecular complexity index is 1450. The maximum atomic E-state index is 13.4. The molecular formula is C31H29BrN2O5. The van der Waals surface area contributed by atoms with Crippen LogP contribution in [0.3, 0.4) is 0 Å². The average molecular weight is 589 g/mol. The van der Waals surface area contributed by atoms with Crippen LogP contribution >= 0.6 is 15.9 Å². The fourth-order valence-electron chi connectivity index (χ4n) is 5.55. The Morgan fingerprint density at radius 3 is 2.44 bits per heavy atom. The van der Waals surface area contributed by atoms with Gasteiger partial charge in [0.2, 0.25) is 11.8 Å². The molecule has 3 amide bonds. The molecule has 2 aliphatic rings. The molecule has 3 aromatic rings. The van der Waals surface area contributed by atoms with Crippen molar-refractivity contribution in [3.8, 4) is 0 Å². The van der Waals surface area contributed by atoms with Gasteiger partial charge in [-0.1, -0.05) is 52.3 Å². The first-order valence-corrected chi connectivity index (χ1v) is 13.8. The van der Waals surface area contributed by atoms with Gasteiger partial charge in [0.05, 0.1) is 23.1 Å². The predicted molar refractivity (Wildman–Crippen MR) is 151 cm³/mol. The van der Waals surface area contributed by atoms with Crippen LogP contribution in [-0.4, -0.2) is 30.3 Å². The zero-order valence-corrected chi connectivity index (χ0v) is 23.4. The number of halogens is 1. The van der Waals surface area contributed by atoms with Crippen LogP contribution in [0.1, 0.15) is 52.2 Å². The van der Waals surface area contributed by atoms with E-state index in [4.69, 9.17) is 4.74 Å². The summed E-state index contributed by atoms with van der Waals surface area (Å²) in [7, 11) is 0. The Hall–Kier alpha value is -3.78. The molecule has 8 heteroatoms. The second-order valence-corrected chi connectivity index (χ2v) is 11.1. The summed E-state index contributed by atoms with van der Waals surface area (Å²) in [4.78, 5) is 53.1. The first-order valence-electron chi connectivity index (χ1n) is 13.0. The van der Waals surface area contributed by atoms with Crippen molar-refractivity contribution < 1.29 is 23.9 Å². The number of anilines is 2. The lowest BCUT2D eigenvalue weighted by Gasteiger charge is -2.28. The molecule has 0 radical (unpaired) electrons. The van der Waals surface area contributed by atoms with Crippen molar-refractivity contribution in [1.82, 2.24) is 0 Å². The van der Waals surface area contributed by atoms with Crippen LogP contribution in [0.5, 0.6) is 0 Å². The van der Waals surface area contributed by atoms with Crippen molar-refractivity contribution in [3.05, 3.63) is 93.5 Å². The molecule has 0 spiro atoms. The Morgan fingerprint density at radius 2 is 1.67 bits per heavy atom. The molecule has 0 bridgehead atoms. The van der Waals surface area contributed by atoms with E-state index < -0.39 is 18.5 Å². The van der Waals surface area contributed by atoms with Crippen molar-refractivity contribution in [2.45, 2.75) is 39.0 Å². The zero-order valence-electron chi connectivity index (χ0n) is 21.8. The van der Waals surface area contributed by atoms with Gasteiger partial charge in [0.25, 0.3) is 5.91 Å². The highest BCUT2D eigenvalue weighted by Crippen LogP contribution is 2.45. The van der Waals surface area contributed by atoms with Gasteiger partial charge in [0.1, 0.15) is 0 Å². The summed E-state index contributed by atoms with van der Waals surface area (Å²) < 4.78 is 6.18. The molecule has 2 fully saturated rings. The molecule has 39 heavy (non-hydrogen) atoms. The van der Waals surface area contributed by atoms with Crippen molar-refractivity contribution in [2.75, 3.05) is 16.8 Å². The average Bonchev–Trinajstić information content (AvgIpc) is 3.19. The second-order valence-electron chi connectivity index (χ2n) is 10.2. The number of ether oxygens (including phenoxy) is 1. The van der Waals surface area contributed by atoms with Gasteiger partial charge in [-0.25, -0.2) is 4.79 Å². The van der Waals surface area contributed by atoms with Crippen molar-refractivity contribution in [2.24, 2.45) is 11.8 Å². The van der Waals surface area contributed by atoms with Gasteiger partial charge in [-0.3, -0.25) is 19.3 Å². The lowest BCUT2D eigenvalue weighted by Crippen LogP contribution is -2.31. The number of carbonyl (C=O) groups excluding carboxylic acids is 4. The van der Waals surface area contributed by atoms with Crippen LogP contribution in [0.2, 0.25) is 0 Å². The molecule has 1 heterocycles. The maximum Gasteiger partial charge on any atom is 0.338 e. The number of benzene rings is 3. The minimum absolute atomic E-state index is 0.161. The lowest BCUT2D eigenvalue weighted by molar-refractivity contribution is -0.122. The third-order valence-electron chi connectivity index (χ3n) is 7.65. The Morgan fingerprint density at radius 1 is 0.923 bits per heavy atom. The Kier molecular flexibility index (Phi) is 7.66. The summed E-state index contributed by atoms with van der Waals surface area (Å²) in [6.45, 7) is 3.32. The summed E-state index contributed by atoms with van der Waals surface area (Å²) in [5.41, 5.74) is 4.17. The number of imide groups is 1. The van der Waals surface area contributed by atoms with E-state index in [2.05, 4.69) is 33.4 Å². The summed E-state index contributed by atoms with van der Waals surface area (Å²) in [5.74, 6) is -2.11. The van der Waals surface area contributed by atoms with Crippen LogP contribution < -0.4 is 10.2 Å². The number of hydrogen-bond acceptors (Lipinski definition) is 5. The maximum absolute atomic E-state index is 13.4. The smallest absolute Gasteiger partial charge is 0.338 e. The summed E-state index contributed by atoms with van der Waals surface area (Å²) in [6.07, 6.45) is 2.13. The van der Waals surface area contributed by atoms with Gasteiger partial charge in [-0.05, 0) is 86.1 Å². The molecule has 1 N–H and O–H groups in total. The van der Waals surface area contributed by atoms with Gasteiger partial charge in [0, 0.05) is 10.2 Å². The highest BCUT2D eigenvalue weighted by molar-refractivity contribution is 9.10. The van der Waals surface area contributed by atoms with Gasteiger partial charge in [-0.2, -0.15) is 0 Å². The van der Waals surface area contributed by atoms with Crippen molar-refractivity contribution >= 4 is 51.0 Å². The molecule has 0 aromatic heterocycles. The quantitative estimate of drug-likeness (QED) is 0.284. The minimum Gasteiger partial charge on any atom is -0.452 e. The van der Waals surface area contributed by atoms with Crippen molar-refractivity contribution in [3.63, 3.8) is 0 Å². The summed E-state index contributed by atoms with van der Waals surface area (Å²) >= 11 is 3.46. The highest BCUT2D eigenvalue weighted by Gasteiger charge is 2.50. The van der Waals surface area contributed by atoms with Gasteiger partial charge < -0.3 is 10.1 Å². The SMILES string of the molecule is Cc1cc(NC(=O)COC(=O)c2cccc(N3C(=O)[C@@H]4CC[C@H](c5ccccc5)C[C@H]4C3=O)c2)c(C)cc1Br. The number of esters is 1. The Labute approximate surface area is 235 Å². The van der Waals surface area contributed by atoms with Crippen LogP contribution in [0.15, 0.2) is 71.2 Å². The van der Waals surface area contributed by atoms with Crippen LogP contribution in [0.25, 0.3) is 0 Å². The van der Waals surface area contributed by atoms with E-state index in [1.807, 2.05) is 44.2 Å². The number of nitrogens with zero attached hydrogens (tertiary/aromatic N) is 1. The molecule has 1 saturated heterocycles. The Balaban J connectivity index is 1.24. The third-order valence-corrected chi connectivity index (χ3v) is 8.50. The molecule has 7 nitrogen and oxygen atoms in total. The number of fused-ring (bicyclic) bond motifs is 1. The van der Waals surface area contributed by atoms with Crippen LogP contribution in [-0.2, 0) is 19.1 Å². The third kappa shape index (κ3) is 5.52. The summed E-state index contributed by atoms with van der Waals surface area (Å²) in [5, 5.41) is 2.76. The first-order chi connectivity index (χ1) is 18.7. The molecule has 3 atom stereocenters. The van der Waals surface area contributed by atoms with E-state index in [1.54, 1.807) is 12.1 Å². The highest BCUT2D eigenvalue weighted by atomic mass is 79.9. The number of amides is 3. The van der Waals surface area contributed by atoms with E-state index in [9.17, 15) is 19.2 Å². The molecule has 1 aliphatic carbocycles. The normalized spacial score (nSPS) is 20.5. The largest absolute Gasteiger partial charge is 0.452 e. The van der Waals surface area contributed by atoms with E-state index in [0.29, 0.717) is 24.2 Å². The molecule has 0 unspecified atom stereocenters. The number of aryl methyl sites for hydroxylation is 2. The van der Waals surface area contributed by atoms with Crippen molar-refractivity contribution in [1.29, 1.82) is 0 Å². The van der Waals surface area contributed by atoms with Crippen LogP contribution in [0.4, 0.5) is 11.4 Å². The molecule has 1 saturated carbocycles.